The van der Waals surface area contributed by atoms with Crippen LogP contribution in [-0.2, 0) is 28.6 Å². The quantitative estimate of drug-likeness (QED) is 0.402. The SMILES string of the molecule is CCOC(=O)C[C@@H](C)[C@H](NC(=O)COCCOC)C(=O)O. The molecule has 0 heterocycles. The molecule has 8 nitrogen and oxygen atoms in total. The van der Waals surface area contributed by atoms with Gasteiger partial charge in [0.15, 0.2) is 0 Å². The van der Waals surface area contributed by atoms with Crippen molar-refractivity contribution in [2.75, 3.05) is 33.5 Å². The number of carboxylic acids is 1. The second-order valence-corrected chi connectivity index (χ2v) is 4.42. The van der Waals surface area contributed by atoms with E-state index in [-0.39, 0.29) is 26.2 Å². The number of carbonyl (C=O) groups excluding carboxylic acids is 2. The highest BCUT2D eigenvalue weighted by Gasteiger charge is 2.28. The van der Waals surface area contributed by atoms with Crippen molar-refractivity contribution in [1.29, 1.82) is 0 Å². The molecule has 0 aromatic carbocycles. The molecule has 2 atom stereocenters. The van der Waals surface area contributed by atoms with Gasteiger partial charge in [0.25, 0.3) is 0 Å². The molecule has 21 heavy (non-hydrogen) atoms. The van der Waals surface area contributed by atoms with E-state index in [1.807, 2.05) is 0 Å². The standard InChI is InChI=1S/C13H23NO7/c1-4-21-11(16)7-9(2)12(13(17)18)14-10(15)8-20-6-5-19-3/h9,12H,4-8H2,1-3H3,(H,14,15)(H,17,18)/t9-,12+/m1/s1. The zero-order chi connectivity index (χ0) is 16.3. The van der Waals surface area contributed by atoms with E-state index in [1.165, 1.54) is 7.11 Å². The van der Waals surface area contributed by atoms with Gasteiger partial charge in [0.2, 0.25) is 5.91 Å². The van der Waals surface area contributed by atoms with E-state index in [9.17, 15) is 14.4 Å². The highest BCUT2D eigenvalue weighted by atomic mass is 16.5. The molecule has 0 rings (SSSR count). The maximum Gasteiger partial charge on any atom is 0.326 e. The van der Waals surface area contributed by atoms with E-state index in [4.69, 9.17) is 19.3 Å². The Hall–Kier alpha value is -1.67. The van der Waals surface area contributed by atoms with Gasteiger partial charge in [-0.3, -0.25) is 9.59 Å². The summed E-state index contributed by atoms with van der Waals surface area (Å²) in [5.74, 6) is -2.86. The summed E-state index contributed by atoms with van der Waals surface area (Å²) in [6.45, 7) is 3.76. The van der Waals surface area contributed by atoms with Crippen LogP contribution in [0.2, 0.25) is 0 Å². The van der Waals surface area contributed by atoms with E-state index < -0.39 is 29.8 Å². The fourth-order valence-corrected chi connectivity index (χ4v) is 1.57. The maximum absolute atomic E-state index is 11.6. The summed E-state index contributed by atoms with van der Waals surface area (Å²) in [5.41, 5.74) is 0. The molecule has 8 heteroatoms. The molecule has 0 aromatic rings. The number of esters is 1. The van der Waals surface area contributed by atoms with Crippen LogP contribution >= 0.6 is 0 Å². The minimum atomic E-state index is -1.21. The molecule has 0 aliphatic rings. The Balaban J connectivity index is 4.31. The summed E-state index contributed by atoms with van der Waals surface area (Å²) in [4.78, 5) is 34.1. The molecule has 0 saturated heterocycles. The number of hydrogen-bond donors (Lipinski definition) is 2. The number of hydrogen-bond acceptors (Lipinski definition) is 6. The van der Waals surface area contributed by atoms with Gasteiger partial charge in [0, 0.05) is 7.11 Å². The molecule has 0 unspecified atom stereocenters. The first kappa shape index (κ1) is 19.3. The Morgan fingerprint density at radius 2 is 1.90 bits per heavy atom. The highest BCUT2D eigenvalue weighted by molar-refractivity contribution is 5.85. The normalized spacial score (nSPS) is 13.3. The fourth-order valence-electron chi connectivity index (χ4n) is 1.57. The predicted octanol–water partition coefficient (Wildman–Crippen LogP) is -0.192. The van der Waals surface area contributed by atoms with E-state index in [0.29, 0.717) is 6.61 Å². The number of nitrogens with one attached hydrogen (secondary N) is 1. The minimum Gasteiger partial charge on any atom is -0.480 e. The van der Waals surface area contributed by atoms with Crippen LogP contribution in [0.4, 0.5) is 0 Å². The summed E-state index contributed by atoms with van der Waals surface area (Å²) in [6.07, 6.45) is -0.0877. The van der Waals surface area contributed by atoms with Crippen LogP contribution in [0.1, 0.15) is 20.3 Å². The van der Waals surface area contributed by atoms with E-state index in [1.54, 1.807) is 13.8 Å². The Kier molecular flexibility index (Phi) is 10.2. The number of rotatable bonds is 11. The van der Waals surface area contributed by atoms with Crippen LogP contribution < -0.4 is 5.32 Å². The van der Waals surface area contributed by atoms with Gasteiger partial charge in [-0.15, -0.1) is 0 Å². The average molecular weight is 305 g/mol. The lowest BCUT2D eigenvalue weighted by atomic mass is 9.98. The lowest BCUT2D eigenvalue weighted by molar-refractivity contribution is -0.147. The topological polar surface area (TPSA) is 111 Å². The third-order valence-corrected chi connectivity index (χ3v) is 2.61. The fraction of sp³-hybridized carbons (Fsp3) is 0.769. The van der Waals surface area contributed by atoms with Crippen LogP contribution in [0.5, 0.6) is 0 Å². The largest absolute Gasteiger partial charge is 0.480 e. The van der Waals surface area contributed by atoms with E-state index in [0.717, 1.165) is 0 Å². The van der Waals surface area contributed by atoms with Crippen molar-refractivity contribution in [2.24, 2.45) is 5.92 Å². The predicted molar refractivity (Wildman–Crippen MR) is 72.7 cm³/mol. The van der Waals surface area contributed by atoms with Gasteiger partial charge in [0.1, 0.15) is 12.6 Å². The zero-order valence-corrected chi connectivity index (χ0v) is 12.6. The molecular formula is C13H23NO7. The van der Waals surface area contributed by atoms with Gasteiger partial charge in [-0.25, -0.2) is 4.79 Å². The van der Waals surface area contributed by atoms with Crippen LogP contribution in [0.3, 0.4) is 0 Å². The van der Waals surface area contributed by atoms with Gasteiger partial charge in [-0.1, -0.05) is 6.92 Å². The van der Waals surface area contributed by atoms with Crippen LogP contribution in [0, 0.1) is 5.92 Å². The molecule has 2 N–H and O–H groups in total. The van der Waals surface area contributed by atoms with Crippen LogP contribution in [-0.4, -0.2) is 62.5 Å². The lowest BCUT2D eigenvalue weighted by Gasteiger charge is -2.20. The Morgan fingerprint density at radius 3 is 2.43 bits per heavy atom. The first-order valence-corrected chi connectivity index (χ1v) is 6.66. The van der Waals surface area contributed by atoms with Crippen molar-refractivity contribution in [3.63, 3.8) is 0 Å². The van der Waals surface area contributed by atoms with E-state index in [2.05, 4.69) is 5.32 Å². The molecule has 0 aromatic heterocycles. The Morgan fingerprint density at radius 1 is 1.24 bits per heavy atom. The molecule has 122 valence electrons. The van der Waals surface area contributed by atoms with Gasteiger partial charge in [-0.05, 0) is 12.8 Å². The molecule has 0 spiro atoms. The first-order chi connectivity index (χ1) is 9.92. The van der Waals surface area contributed by atoms with Crippen molar-refractivity contribution >= 4 is 17.8 Å². The van der Waals surface area contributed by atoms with Crippen molar-refractivity contribution in [3.8, 4) is 0 Å². The van der Waals surface area contributed by atoms with Crippen molar-refractivity contribution in [1.82, 2.24) is 5.32 Å². The molecule has 0 aliphatic carbocycles. The number of aliphatic carboxylic acids is 1. The van der Waals surface area contributed by atoms with Gasteiger partial charge < -0.3 is 24.6 Å². The molecular weight excluding hydrogens is 282 g/mol. The van der Waals surface area contributed by atoms with Gasteiger partial charge >= 0.3 is 11.9 Å². The smallest absolute Gasteiger partial charge is 0.326 e. The average Bonchev–Trinajstić information content (AvgIpc) is 2.40. The molecule has 0 aliphatic heterocycles. The molecule has 0 fully saturated rings. The second kappa shape index (κ2) is 11.0. The minimum absolute atomic E-state index is 0.0877. The summed E-state index contributed by atoms with van der Waals surface area (Å²) >= 11 is 0. The molecule has 0 saturated carbocycles. The summed E-state index contributed by atoms with van der Waals surface area (Å²) in [7, 11) is 1.50. The number of ether oxygens (including phenoxy) is 3. The Bertz CT molecular complexity index is 345. The highest BCUT2D eigenvalue weighted by Crippen LogP contribution is 2.10. The van der Waals surface area contributed by atoms with Gasteiger partial charge in [0.05, 0.1) is 26.2 Å². The summed E-state index contributed by atoms with van der Waals surface area (Å²) in [5, 5.41) is 11.4. The van der Waals surface area contributed by atoms with Crippen molar-refractivity contribution in [2.45, 2.75) is 26.3 Å². The lowest BCUT2D eigenvalue weighted by Crippen LogP contribution is -2.47. The van der Waals surface area contributed by atoms with Crippen molar-refractivity contribution in [3.05, 3.63) is 0 Å². The van der Waals surface area contributed by atoms with Crippen LogP contribution in [0.15, 0.2) is 0 Å². The zero-order valence-electron chi connectivity index (χ0n) is 12.6. The number of carboxylic acid groups (broad SMARTS) is 1. The summed E-state index contributed by atoms with van der Waals surface area (Å²) < 4.78 is 14.5. The molecule has 0 radical (unpaired) electrons. The molecule has 0 bridgehead atoms. The van der Waals surface area contributed by atoms with E-state index >= 15 is 0 Å². The number of carbonyl (C=O) groups is 3. The third kappa shape index (κ3) is 8.98. The third-order valence-electron chi connectivity index (χ3n) is 2.61. The molecule has 1 amide bonds. The Labute approximate surface area is 123 Å². The monoisotopic (exact) mass is 305 g/mol. The summed E-state index contributed by atoms with van der Waals surface area (Å²) in [6, 6.07) is -1.17. The number of methoxy groups -OCH3 is 1. The first-order valence-electron chi connectivity index (χ1n) is 6.66. The number of amides is 1. The second-order valence-electron chi connectivity index (χ2n) is 4.42. The maximum atomic E-state index is 11.6. The van der Waals surface area contributed by atoms with Crippen LogP contribution in [0.25, 0.3) is 0 Å². The van der Waals surface area contributed by atoms with Gasteiger partial charge in [-0.2, -0.15) is 0 Å². The van der Waals surface area contributed by atoms with Crippen molar-refractivity contribution < 1.29 is 33.7 Å².